The highest BCUT2D eigenvalue weighted by Gasteiger charge is 2.56. The van der Waals surface area contributed by atoms with Crippen LogP contribution in [-0.2, 0) is 11.2 Å². The Morgan fingerprint density at radius 1 is 1.13 bits per heavy atom. The lowest BCUT2D eigenvalue weighted by Crippen LogP contribution is -2.49. The number of hydrogen-bond acceptors (Lipinski definition) is 2. The number of nitrogens with zero attached hydrogens (tertiary/aromatic N) is 2. The standard InChI is InChI=1S/C30H26BrF4N3O/c1-29-15-17-16-36-38(22-9-5-20(32)6-10-22)26(17)14-18(29)2-11-23-24(29)12-13-25(30(33,34)35)27(23)28(39)37-21-7-3-19(31)4-8-21/h3-10,12,14,16,23,25,27H,2,11,13,15H2,1H3,(H,37,39)/t23?,25-,27-,29+/m1/s1. The summed E-state index contributed by atoms with van der Waals surface area (Å²) in [6.07, 6.45) is 2.51. The van der Waals surface area contributed by atoms with Crippen LogP contribution in [0.4, 0.5) is 23.2 Å². The molecule has 0 spiro atoms. The maximum absolute atomic E-state index is 14.3. The third kappa shape index (κ3) is 4.54. The number of nitrogens with one attached hydrogen (secondary N) is 1. The Balaban J connectivity index is 1.35. The molecule has 1 unspecified atom stereocenters. The Hall–Kier alpha value is -3.20. The highest BCUT2D eigenvalue weighted by molar-refractivity contribution is 9.10. The fourth-order valence-corrected chi connectivity index (χ4v) is 6.96. The molecule has 0 radical (unpaired) electrons. The summed E-state index contributed by atoms with van der Waals surface area (Å²) in [4.78, 5) is 13.5. The van der Waals surface area contributed by atoms with Crippen LogP contribution in [0, 0.1) is 29.0 Å². The average molecular weight is 600 g/mol. The minimum Gasteiger partial charge on any atom is -0.326 e. The van der Waals surface area contributed by atoms with Gasteiger partial charge in [0.15, 0.2) is 0 Å². The van der Waals surface area contributed by atoms with E-state index in [1.807, 2.05) is 0 Å². The topological polar surface area (TPSA) is 46.9 Å². The average Bonchev–Trinajstić information content (AvgIpc) is 3.29. The molecule has 4 atom stereocenters. The van der Waals surface area contributed by atoms with Crippen LogP contribution < -0.4 is 5.32 Å². The van der Waals surface area contributed by atoms with Crippen LogP contribution in [0.1, 0.15) is 37.4 Å². The zero-order valence-corrected chi connectivity index (χ0v) is 22.7. The molecule has 6 rings (SSSR count). The van der Waals surface area contributed by atoms with Gasteiger partial charge in [0.2, 0.25) is 5.91 Å². The van der Waals surface area contributed by atoms with Gasteiger partial charge in [0, 0.05) is 15.6 Å². The van der Waals surface area contributed by atoms with Gasteiger partial charge < -0.3 is 5.32 Å². The van der Waals surface area contributed by atoms with Crippen molar-refractivity contribution in [3.63, 3.8) is 0 Å². The molecule has 4 nitrogen and oxygen atoms in total. The predicted molar refractivity (Wildman–Crippen MR) is 145 cm³/mol. The predicted octanol–water partition coefficient (Wildman–Crippen LogP) is 7.89. The van der Waals surface area contributed by atoms with Crippen molar-refractivity contribution in [2.75, 3.05) is 5.32 Å². The van der Waals surface area contributed by atoms with Crippen molar-refractivity contribution in [1.29, 1.82) is 0 Å². The van der Waals surface area contributed by atoms with E-state index in [0.717, 1.165) is 32.6 Å². The van der Waals surface area contributed by atoms with E-state index in [1.54, 1.807) is 53.4 Å². The number of alkyl halides is 3. The number of carbonyl (C=O) groups excluding carboxylic acids is 1. The van der Waals surface area contributed by atoms with Crippen molar-refractivity contribution >= 4 is 33.6 Å². The summed E-state index contributed by atoms with van der Waals surface area (Å²) in [5, 5.41) is 7.30. The largest absolute Gasteiger partial charge is 0.392 e. The van der Waals surface area contributed by atoms with Crippen molar-refractivity contribution in [3.05, 3.63) is 93.5 Å². The van der Waals surface area contributed by atoms with Gasteiger partial charge >= 0.3 is 6.18 Å². The lowest BCUT2D eigenvalue weighted by Gasteiger charge is -2.50. The molecule has 1 aromatic heterocycles. The Bertz CT molecular complexity index is 1490. The number of aromatic nitrogens is 2. The molecule has 1 N–H and O–H groups in total. The van der Waals surface area contributed by atoms with Crippen molar-refractivity contribution in [2.45, 2.75) is 38.8 Å². The van der Waals surface area contributed by atoms with Gasteiger partial charge in [-0.05, 0) is 91.8 Å². The van der Waals surface area contributed by atoms with Gasteiger partial charge in [-0.15, -0.1) is 0 Å². The van der Waals surface area contributed by atoms with E-state index in [4.69, 9.17) is 0 Å². The van der Waals surface area contributed by atoms with Crippen LogP contribution in [0.5, 0.6) is 0 Å². The summed E-state index contributed by atoms with van der Waals surface area (Å²) in [5.41, 5.74) is 4.62. The second-order valence-electron chi connectivity index (χ2n) is 10.8. The molecular weight excluding hydrogens is 574 g/mol. The number of amides is 1. The number of halogens is 5. The van der Waals surface area contributed by atoms with Crippen molar-refractivity contribution in [2.24, 2.45) is 23.2 Å². The molecule has 1 saturated carbocycles. The second kappa shape index (κ2) is 9.47. The van der Waals surface area contributed by atoms with Crippen molar-refractivity contribution in [3.8, 4) is 5.69 Å². The molecule has 0 saturated heterocycles. The SMILES string of the molecule is C[C@]12Cc3cnn(-c4ccc(F)cc4)c3C=C1CCC1C2=CC[C@@H](C(F)(F)F)[C@@H]1C(=O)Nc1ccc(Br)cc1. The first-order valence-corrected chi connectivity index (χ1v) is 13.7. The Morgan fingerprint density at radius 2 is 1.85 bits per heavy atom. The smallest absolute Gasteiger partial charge is 0.326 e. The maximum atomic E-state index is 14.3. The zero-order valence-electron chi connectivity index (χ0n) is 21.1. The Kier molecular flexibility index (Phi) is 6.32. The van der Waals surface area contributed by atoms with E-state index < -0.39 is 35.3 Å². The number of rotatable bonds is 3. The molecule has 0 bridgehead atoms. The Labute approximate surface area is 231 Å². The summed E-state index contributed by atoms with van der Waals surface area (Å²) in [5.74, 6) is -4.39. The van der Waals surface area contributed by atoms with Gasteiger partial charge in [0.25, 0.3) is 0 Å². The van der Waals surface area contributed by atoms with E-state index in [1.165, 1.54) is 12.1 Å². The second-order valence-corrected chi connectivity index (χ2v) is 11.7. The number of carbonyl (C=O) groups is 1. The molecule has 1 heterocycles. The molecule has 202 valence electrons. The zero-order chi connectivity index (χ0) is 27.5. The van der Waals surface area contributed by atoms with Gasteiger partial charge in [-0.3, -0.25) is 4.79 Å². The summed E-state index contributed by atoms with van der Waals surface area (Å²) in [6, 6.07) is 12.9. The fourth-order valence-electron chi connectivity index (χ4n) is 6.69. The molecule has 9 heteroatoms. The quantitative estimate of drug-likeness (QED) is 0.246. The molecule has 2 aromatic carbocycles. The number of anilines is 1. The van der Waals surface area contributed by atoms with Crippen LogP contribution in [0.2, 0.25) is 0 Å². The Morgan fingerprint density at radius 3 is 2.54 bits per heavy atom. The van der Waals surface area contributed by atoms with Crippen molar-refractivity contribution in [1.82, 2.24) is 9.78 Å². The first-order valence-electron chi connectivity index (χ1n) is 12.9. The van der Waals surface area contributed by atoms with Gasteiger partial charge in [0.1, 0.15) is 5.82 Å². The molecule has 39 heavy (non-hydrogen) atoms. The van der Waals surface area contributed by atoms with Crippen LogP contribution in [-0.4, -0.2) is 21.9 Å². The van der Waals surface area contributed by atoms with Crippen LogP contribution in [0.3, 0.4) is 0 Å². The number of benzene rings is 2. The van der Waals surface area contributed by atoms with Crippen LogP contribution in [0.25, 0.3) is 11.8 Å². The van der Waals surface area contributed by atoms with E-state index in [2.05, 4.69) is 39.3 Å². The van der Waals surface area contributed by atoms with Crippen LogP contribution >= 0.6 is 15.9 Å². The van der Waals surface area contributed by atoms with Crippen LogP contribution in [0.15, 0.2) is 76.4 Å². The van der Waals surface area contributed by atoms with Gasteiger partial charge in [-0.1, -0.05) is 40.1 Å². The molecular formula is C30H26BrF4N3O. The molecule has 3 aromatic rings. The molecule has 1 fully saturated rings. The lowest BCUT2D eigenvalue weighted by atomic mass is 9.54. The molecule has 0 aliphatic heterocycles. The van der Waals surface area contributed by atoms with Gasteiger partial charge in [0.05, 0.1) is 29.4 Å². The minimum atomic E-state index is -4.49. The fraction of sp³-hybridized carbons (Fsp3) is 0.333. The van der Waals surface area contributed by atoms with E-state index in [-0.39, 0.29) is 12.2 Å². The lowest BCUT2D eigenvalue weighted by molar-refractivity contribution is -0.196. The van der Waals surface area contributed by atoms with Crippen molar-refractivity contribution < 1.29 is 22.4 Å². The van der Waals surface area contributed by atoms with E-state index in [0.29, 0.717) is 24.9 Å². The monoisotopic (exact) mass is 599 g/mol. The number of fused-ring (bicyclic) bond motifs is 4. The third-order valence-electron chi connectivity index (χ3n) is 8.58. The summed E-state index contributed by atoms with van der Waals surface area (Å²) in [7, 11) is 0. The third-order valence-corrected chi connectivity index (χ3v) is 9.10. The summed E-state index contributed by atoms with van der Waals surface area (Å²) in [6.45, 7) is 2.08. The van der Waals surface area contributed by atoms with E-state index in [9.17, 15) is 22.4 Å². The van der Waals surface area contributed by atoms with E-state index >= 15 is 0 Å². The highest BCUT2D eigenvalue weighted by atomic mass is 79.9. The summed E-state index contributed by atoms with van der Waals surface area (Å²) < 4.78 is 58.8. The minimum absolute atomic E-state index is 0.224. The van der Waals surface area contributed by atoms with Gasteiger partial charge in [-0.2, -0.15) is 18.3 Å². The molecule has 3 aliphatic rings. The maximum Gasteiger partial charge on any atom is 0.392 e. The highest BCUT2D eigenvalue weighted by Crippen LogP contribution is 2.59. The van der Waals surface area contributed by atoms with Gasteiger partial charge in [-0.25, -0.2) is 9.07 Å². The first kappa shape index (κ1) is 26.0. The first-order chi connectivity index (χ1) is 18.5. The molecule has 3 aliphatic carbocycles. The summed E-state index contributed by atoms with van der Waals surface area (Å²) >= 11 is 3.34. The normalized spacial score (nSPS) is 26.1. The molecule has 1 amide bonds. The number of allylic oxidation sites excluding steroid dienone is 3. The number of hydrogen-bond donors (Lipinski definition) is 1.